The van der Waals surface area contributed by atoms with Crippen LogP contribution >= 0.6 is 24.0 Å². The number of oxazole rings is 1. The zero-order valence-electron chi connectivity index (χ0n) is 19.5. The molecule has 0 atom stereocenters. The Balaban J connectivity index is 0.00000324. The molecule has 8 heteroatoms. The molecule has 1 aromatic heterocycles. The van der Waals surface area contributed by atoms with Gasteiger partial charge in [0.05, 0.1) is 18.8 Å². The molecule has 1 amide bonds. The highest BCUT2D eigenvalue weighted by Crippen LogP contribution is 2.18. The predicted octanol–water partition coefficient (Wildman–Crippen LogP) is 4.84. The van der Waals surface area contributed by atoms with Crippen molar-refractivity contribution >= 4 is 35.8 Å². The van der Waals surface area contributed by atoms with E-state index >= 15 is 0 Å². The molecule has 180 valence electrons. The maximum absolute atomic E-state index is 12.6. The quantitative estimate of drug-likeness (QED) is 0.240. The summed E-state index contributed by atoms with van der Waals surface area (Å²) in [5.74, 6) is 1.44. The average Bonchev–Trinajstić information content (AvgIpc) is 3.36. The van der Waals surface area contributed by atoms with Gasteiger partial charge in [0.1, 0.15) is 6.26 Å². The summed E-state index contributed by atoms with van der Waals surface area (Å²) in [6.45, 7) is 5.53. The van der Waals surface area contributed by atoms with Crippen molar-refractivity contribution in [3.05, 3.63) is 77.7 Å². The second-order valence-corrected chi connectivity index (χ2v) is 8.11. The Bertz CT molecular complexity index is 1060. The van der Waals surface area contributed by atoms with E-state index in [1.807, 2.05) is 66.4 Å². The van der Waals surface area contributed by atoms with Crippen LogP contribution in [0.2, 0.25) is 0 Å². The monoisotopic (exact) mass is 573 g/mol. The zero-order chi connectivity index (χ0) is 22.9. The van der Waals surface area contributed by atoms with Crippen LogP contribution < -0.4 is 10.6 Å². The number of halogens is 1. The number of hydrogen-bond donors (Lipinski definition) is 2. The molecule has 4 rings (SSSR count). The molecule has 1 saturated heterocycles. The number of hydrogen-bond acceptors (Lipinski definition) is 4. The van der Waals surface area contributed by atoms with Gasteiger partial charge in [0, 0.05) is 30.8 Å². The van der Waals surface area contributed by atoms with Crippen molar-refractivity contribution in [3.8, 4) is 11.5 Å². The van der Waals surface area contributed by atoms with E-state index in [9.17, 15) is 4.79 Å². The molecule has 1 aliphatic rings. The van der Waals surface area contributed by atoms with Crippen LogP contribution in [-0.4, -0.2) is 41.4 Å². The number of aliphatic imine (C=N–C) groups is 1. The Morgan fingerprint density at radius 1 is 1.03 bits per heavy atom. The molecular weight excluding hydrogens is 541 g/mol. The van der Waals surface area contributed by atoms with Crippen LogP contribution in [0.15, 0.2) is 70.3 Å². The van der Waals surface area contributed by atoms with Gasteiger partial charge in [-0.15, -0.1) is 24.0 Å². The Morgan fingerprint density at radius 3 is 2.47 bits per heavy atom. The number of likely N-dealkylation sites (tertiary alicyclic amines) is 1. The Hall–Kier alpha value is -2.88. The van der Waals surface area contributed by atoms with Crippen LogP contribution in [0.25, 0.3) is 11.5 Å². The molecule has 2 N–H and O–H groups in total. The normalized spacial score (nSPS) is 13.8. The lowest BCUT2D eigenvalue weighted by atomic mass is 10.1. The molecule has 0 radical (unpaired) electrons. The van der Waals surface area contributed by atoms with Gasteiger partial charge in [-0.1, -0.05) is 30.3 Å². The van der Waals surface area contributed by atoms with Gasteiger partial charge >= 0.3 is 0 Å². The van der Waals surface area contributed by atoms with Gasteiger partial charge in [-0.3, -0.25) is 4.79 Å². The standard InChI is InChI=1S/C26H31N5O2.HI/c1-2-27-26(29-18-23-19-33-24(30-23)21-9-5-3-6-10-21)28-17-20-11-13-22(14-12-20)25(32)31-15-7-4-8-16-31;/h3,5-6,9-14,19H,2,4,7-8,15-18H2,1H3,(H2,27,28,29);1H. The summed E-state index contributed by atoms with van der Waals surface area (Å²) < 4.78 is 5.60. The average molecular weight is 573 g/mol. The Labute approximate surface area is 218 Å². The smallest absolute Gasteiger partial charge is 0.253 e. The minimum absolute atomic E-state index is 0. The summed E-state index contributed by atoms with van der Waals surface area (Å²) in [5, 5.41) is 6.55. The van der Waals surface area contributed by atoms with E-state index in [-0.39, 0.29) is 29.9 Å². The summed E-state index contributed by atoms with van der Waals surface area (Å²) in [5.41, 5.74) is 3.55. The van der Waals surface area contributed by atoms with Crippen molar-refractivity contribution in [2.24, 2.45) is 4.99 Å². The number of aromatic nitrogens is 1. The van der Waals surface area contributed by atoms with Crippen LogP contribution in [-0.2, 0) is 13.1 Å². The third-order valence-electron chi connectivity index (χ3n) is 5.62. The van der Waals surface area contributed by atoms with Gasteiger partial charge < -0.3 is 20.0 Å². The van der Waals surface area contributed by atoms with E-state index in [0.717, 1.165) is 54.9 Å². The maximum atomic E-state index is 12.6. The van der Waals surface area contributed by atoms with Crippen molar-refractivity contribution in [1.29, 1.82) is 0 Å². The van der Waals surface area contributed by atoms with Gasteiger partial charge in [-0.2, -0.15) is 0 Å². The van der Waals surface area contributed by atoms with Crippen LogP contribution in [0.1, 0.15) is 47.8 Å². The first kappa shape index (κ1) is 25.7. The molecule has 7 nitrogen and oxygen atoms in total. The Morgan fingerprint density at radius 2 is 1.76 bits per heavy atom. The van der Waals surface area contributed by atoms with Crippen LogP contribution in [0.5, 0.6) is 0 Å². The summed E-state index contributed by atoms with van der Waals surface area (Å²) >= 11 is 0. The second-order valence-electron chi connectivity index (χ2n) is 8.11. The summed E-state index contributed by atoms with van der Waals surface area (Å²) in [6, 6.07) is 17.6. The van der Waals surface area contributed by atoms with Gasteiger partial charge in [0.25, 0.3) is 5.91 Å². The SMILES string of the molecule is CCNC(=NCc1ccc(C(=O)N2CCCCC2)cc1)NCc1coc(-c2ccccc2)n1.I. The van der Waals surface area contributed by atoms with E-state index in [1.54, 1.807) is 6.26 Å². The van der Waals surface area contributed by atoms with E-state index in [1.165, 1.54) is 6.42 Å². The number of benzene rings is 2. The topological polar surface area (TPSA) is 82.8 Å². The maximum Gasteiger partial charge on any atom is 0.253 e. The minimum atomic E-state index is 0. The highest BCUT2D eigenvalue weighted by Gasteiger charge is 2.17. The van der Waals surface area contributed by atoms with Crippen molar-refractivity contribution in [2.45, 2.75) is 39.3 Å². The first-order chi connectivity index (χ1) is 16.2. The number of rotatable bonds is 7. The zero-order valence-corrected chi connectivity index (χ0v) is 21.8. The fraction of sp³-hybridized carbons (Fsp3) is 0.346. The summed E-state index contributed by atoms with van der Waals surface area (Å²) in [7, 11) is 0. The number of guanidine groups is 1. The number of nitrogens with zero attached hydrogens (tertiary/aromatic N) is 3. The van der Waals surface area contributed by atoms with Crippen molar-refractivity contribution in [2.75, 3.05) is 19.6 Å². The third-order valence-corrected chi connectivity index (χ3v) is 5.62. The molecule has 2 heterocycles. The molecule has 0 bridgehead atoms. The lowest BCUT2D eigenvalue weighted by Gasteiger charge is -2.26. The Kier molecular flexibility index (Phi) is 9.93. The number of nitrogens with one attached hydrogen (secondary N) is 2. The lowest BCUT2D eigenvalue weighted by Crippen LogP contribution is -2.36. The van der Waals surface area contributed by atoms with Crippen LogP contribution in [0, 0.1) is 0 Å². The molecule has 34 heavy (non-hydrogen) atoms. The first-order valence-corrected chi connectivity index (χ1v) is 11.6. The fourth-order valence-corrected chi connectivity index (χ4v) is 3.82. The number of piperidine rings is 1. The lowest BCUT2D eigenvalue weighted by molar-refractivity contribution is 0.0724. The predicted molar refractivity (Wildman–Crippen MR) is 145 cm³/mol. The van der Waals surface area contributed by atoms with Gasteiger partial charge in [-0.25, -0.2) is 9.98 Å². The highest BCUT2D eigenvalue weighted by molar-refractivity contribution is 14.0. The molecule has 0 aliphatic carbocycles. The van der Waals surface area contributed by atoms with Crippen LogP contribution in [0.4, 0.5) is 0 Å². The number of amides is 1. The largest absolute Gasteiger partial charge is 0.444 e. The van der Waals surface area contributed by atoms with Gasteiger partial charge in [-0.05, 0) is 56.0 Å². The van der Waals surface area contributed by atoms with Crippen molar-refractivity contribution < 1.29 is 9.21 Å². The molecule has 1 aliphatic heterocycles. The van der Waals surface area contributed by atoms with E-state index in [0.29, 0.717) is 24.9 Å². The molecule has 0 unspecified atom stereocenters. The minimum Gasteiger partial charge on any atom is -0.444 e. The van der Waals surface area contributed by atoms with Crippen molar-refractivity contribution in [1.82, 2.24) is 20.5 Å². The summed E-state index contributed by atoms with van der Waals surface area (Å²) in [4.78, 5) is 23.8. The molecule has 1 fully saturated rings. The molecule has 0 spiro atoms. The molecule has 2 aromatic carbocycles. The van der Waals surface area contributed by atoms with E-state index < -0.39 is 0 Å². The van der Waals surface area contributed by atoms with Crippen molar-refractivity contribution in [3.63, 3.8) is 0 Å². The highest BCUT2D eigenvalue weighted by atomic mass is 127. The first-order valence-electron chi connectivity index (χ1n) is 11.6. The molecular formula is C26H32IN5O2. The van der Waals surface area contributed by atoms with Gasteiger partial charge in [0.15, 0.2) is 5.96 Å². The number of carbonyl (C=O) groups is 1. The molecule has 3 aromatic rings. The number of carbonyl (C=O) groups excluding carboxylic acids is 1. The van der Waals surface area contributed by atoms with Crippen LogP contribution in [0.3, 0.4) is 0 Å². The second kappa shape index (κ2) is 13.1. The van der Waals surface area contributed by atoms with E-state index in [2.05, 4.69) is 20.6 Å². The van der Waals surface area contributed by atoms with E-state index in [4.69, 9.17) is 4.42 Å². The third kappa shape index (κ3) is 7.06. The molecule has 0 saturated carbocycles. The summed E-state index contributed by atoms with van der Waals surface area (Å²) in [6.07, 6.45) is 5.08. The van der Waals surface area contributed by atoms with Gasteiger partial charge in [0.2, 0.25) is 5.89 Å². The fourth-order valence-electron chi connectivity index (χ4n) is 3.82.